The lowest BCUT2D eigenvalue weighted by atomic mass is 10.1. The highest BCUT2D eigenvalue weighted by atomic mass is 32.1. The van der Waals surface area contributed by atoms with Crippen LogP contribution in [0.4, 0.5) is 4.39 Å². The molecule has 4 nitrogen and oxygen atoms in total. The molecular weight excluding hydrogens is 303 g/mol. The summed E-state index contributed by atoms with van der Waals surface area (Å²) in [6.07, 6.45) is 0.995. The lowest BCUT2D eigenvalue weighted by Crippen LogP contribution is -2.28. The summed E-state index contributed by atoms with van der Waals surface area (Å²) in [5.41, 5.74) is 1.72. The normalized spacial score (nSPS) is 12.1. The van der Waals surface area contributed by atoms with E-state index in [9.17, 15) is 9.18 Å². The molecule has 0 bridgehead atoms. The highest BCUT2D eigenvalue weighted by molar-refractivity contribution is 7.09. The minimum atomic E-state index is -0.415. The van der Waals surface area contributed by atoms with Crippen molar-refractivity contribution >= 4 is 17.2 Å². The number of carbonyl (C=O) groups excluding carboxylic acids is 1. The molecular formula is C16H19FN2O2S. The molecule has 2 aromatic rings. The molecule has 1 aromatic carbocycles. The molecule has 1 atom stereocenters. The standard InChI is InChI=1S/C16H19FN2O2S/c1-11(20)6-7-18-15(21)9-14-10-22-16(19-14)8-12-2-4-13(17)5-3-12/h2-5,10-11,20H,6-9H2,1H3,(H,18,21). The number of nitrogens with one attached hydrogen (secondary N) is 1. The van der Waals surface area contributed by atoms with Crippen molar-refractivity contribution in [3.8, 4) is 0 Å². The minimum absolute atomic E-state index is 0.0979. The van der Waals surface area contributed by atoms with Gasteiger partial charge in [0.05, 0.1) is 23.2 Å². The van der Waals surface area contributed by atoms with E-state index >= 15 is 0 Å². The van der Waals surface area contributed by atoms with Gasteiger partial charge in [0.2, 0.25) is 5.91 Å². The Hall–Kier alpha value is -1.79. The summed E-state index contributed by atoms with van der Waals surface area (Å²) in [7, 11) is 0. The van der Waals surface area contributed by atoms with Crippen molar-refractivity contribution in [1.82, 2.24) is 10.3 Å². The fraction of sp³-hybridized carbons (Fsp3) is 0.375. The van der Waals surface area contributed by atoms with E-state index in [0.29, 0.717) is 19.4 Å². The molecule has 0 radical (unpaired) electrons. The maximum Gasteiger partial charge on any atom is 0.226 e. The molecule has 1 amide bonds. The Morgan fingerprint density at radius 1 is 1.41 bits per heavy atom. The Bertz CT molecular complexity index is 611. The van der Waals surface area contributed by atoms with E-state index in [4.69, 9.17) is 5.11 Å². The van der Waals surface area contributed by atoms with Gasteiger partial charge in [0, 0.05) is 18.3 Å². The van der Waals surface area contributed by atoms with Gasteiger partial charge >= 0.3 is 0 Å². The summed E-state index contributed by atoms with van der Waals surface area (Å²) in [5, 5.41) is 14.7. The van der Waals surface area contributed by atoms with E-state index in [1.807, 2.05) is 5.38 Å². The summed E-state index contributed by atoms with van der Waals surface area (Å²) < 4.78 is 12.9. The molecule has 22 heavy (non-hydrogen) atoms. The molecule has 0 saturated carbocycles. The third-order valence-electron chi connectivity index (χ3n) is 3.09. The van der Waals surface area contributed by atoms with E-state index in [0.717, 1.165) is 16.3 Å². The van der Waals surface area contributed by atoms with Crippen LogP contribution in [-0.4, -0.2) is 28.6 Å². The first-order valence-corrected chi connectivity index (χ1v) is 8.03. The van der Waals surface area contributed by atoms with Crippen LogP contribution in [0.3, 0.4) is 0 Å². The average molecular weight is 322 g/mol. The van der Waals surface area contributed by atoms with Crippen molar-refractivity contribution in [2.24, 2.45) is 0 Å². The van der Waals surface area contributed by atoms with Crippen molar-refractivity contribution < 1.29 is 14.3 Å². The lowest BCUT2D eigenvalue weighted by molar-refractivity contribution is -0.120. The lowest BCUT2D eigenvalue weighted by Gasteiger charge is -2.05. The van der Waals surface area contributed by atoms with Crippen LogP contribution in [0.15, 0.2) is 29.6 Å². The van der Waals surface area contributed by atoms with E-state index in [1.165, 1.54) is 23.5 Å². The van der Waals surface area contributed by atoms with Crippen LogP contribution in [0.5, 0.6) is 0 Å². The number of hydrogen-bond acceptors (Lipinski definition) is 4. The number of rotatable bonds is 7. The summed E-state index contributed by atoms with van der Waals surface area (Å²) in [5.74, 6) is -0.350. The highest BCUT2D eigenvalue weighted by Gasteiger charge is 2.08. The number of benzene rings is 1. The van der Waals surface area contributed by atoms with Gasteiger partial charge in [-0.25, -0.2) is 9.37 Å². The van der Waals surface area contributed by atoms with Crippen molar-refractivity contribution in [3.05, 3.63) is 51.7 Å². The molecule has 0 aliphatic rings. The number of aliphatic hydroxyl groups is 1. The number of halogens is 1. The Balaban J connectivity index is 1.83. The van der Waals surface area contributed by atoms with Crippen LogP contribution >= 0.6 is 11.3 Å². The summed E-state index contributed by atoms with van der Waals surface area (Å²) in [6.45, 7) is 2.15. The van der Waals surface area contributed by atoms with Gasteiger partial charge in [-0.3, -0.25) is 4.79 Å². The summed E-state index contributed by atoms with van der Waals surface area (Å²) in [4.78, 5) is 16.2. The summed E-state index contributed by atoms with van der Waals surface area (Å²) >= 11 is 1.49. The summed E-state index contributed by atoms with van der Waals surface area (Å²) in [6, 6.07) is 6.33. The Morgan fingerprint density at radius 2 is 2.14 bits per heavy atom. The molecule has 0 fully saturated rings. The van der Waals surface area contributed by atoms with Crippen LogP contribution in [0.2, 0.25) is 0 Å². The largest absolute Gasteiger partial charge is 0.393 e. The predicted molar refractivity (Wildman–Crippen MR) is 84.3 cm³/mol. The third kappa shape index (κ3) is 5.54. The van der Waals surface area contributed by atoms with Gasteiger partial charge < -0.3 is 10.4 Å². The predicted octanol–water partition coefficient (Wildman–Crippen LogP) is 2.30. The number of aromatic nitrogens is 1. The van der Waals surface area contributed by atoms with E-state index in [2.05, 4.69) is 10.3 Å². The van der Waals surface area contributed by atoms with Gasteiger partial charge in [0.25, 0.3) is 0 Å². The molecule has 0 aliphatic heterocycles. The second-order valence-electron chi connectivity index (χ2n) is 5.20. The molecule has 0 saturated heterocycles. The first-order chi connectivity index (χ1) is 10.5. The van der Waals surface area contributed by atoms with Gasteiger partial charge in [-0.15, -0.1) is 11.3 Å². The maximum absolute atomic E-state index is 12.9. The minimum Gasteiger partial charge on any atom is -0.393 e. The Labute approximate surface area is 133 Å². The van der Waals surface area contributed by atoms with Crippen molar-refractivity contribution in [2.45, 2.75) is 32.3 Å². The van der Waals surface area contributed by atoms with Crippen molar-refractivity contribution in [1.29, 1.82) is 0 Å². The topological polar surface area (TPSA) is 62.2 Å². The number of amides is 1. The fourth-order valence-corrected chi connectivity index (χ4v) is 2.76. The monoisotopic (exact) mass is 322 g/mol. The molecule has 1 aromatic heterocycles. The van der Waals surface area contributed by atoms with Crippen molar-refractivity contribution in [2.75, 3.05) is 6.54 Å². The number of aliphatic hydroxyl groups excluding tert-OH is 1. The molecule has 2 N–H and O–H groups in total. The Kier molecular flexibility index (Phi) is 6.03. The van der Waals surface area contributed by atoms with E-state index < -0.39 is 6.10 Å². The Morgan fingerprint density at radius 3 is 2.82 bits per heavy atom. The molecule has 2 rings (SSSR count). The molecule has 118 valence electrons. The van der Waals surface area contributed by atoms with Crippen LogP contribution in [0.1, 0.15) is 29.6 Å². The maximum atomic E-state index is 12.9. The smallest absolute Gasteiger partial charge is 0.226 e. The van der Waals surface area contributed by atoms with Crippen LogP contribution < -0.4 is 5.32 Å². The number of carbonyl (C=O) groups is 1. The van der Waals surface area contributed by atoms with Crippen LogP contribution in [-0.2, 0) is 17.6 Å². The van der Waals surface area contributed by atoms with Gasteiger partial charge in [-0.05, 0) is 31.0 Å². The molecule has 1 heterocycles. The zero-order valence-corrected chi connectivity index (χ0v) is 13.2. The fourth-order valence-electron chi connectivity index (χ4n) is 1.94. The van der Waals surface area contributed by atoms with Gasteiger partial charge in [-0.1, -0.05) is 12.1 Å². The quantitative estimate of drug-likeness (QED) is 0.822. The molecule has 0 spiro atoms. The molecule has 6 heteroatoms. The highest BCUT2D eigenvalue weighted by Crippen LogP contribution is 2.15. The second-order valence-corrected chi connectivity index (χ2v) is 6.14. The number of thiazole rings is 1. The zero-order chi connectivity index (χ0) is 15.9. The van der Waals surface area contributed by atoms with Gasteiger partial charge in [0.15, 0.2) is 0 Å². The van der Waals surface area contributed by atoms with Crippen LogP contribution in [0.25, 0.3) is 0 Å². The average Bonchev–Trinajstić information content (AvgIpc) is 2.88. The first kappa shape index (κ1) is 16.6. The third-order valence-corrected chi connectivity index (χ3v) is 3.99. The molecule has 1 unspecified atom stereocenters. The SMILES string of the molecule is CC(O)CCNC(=O)Cc1csc(Cc2ccc(F)cc2)n1. The van der Waals surface area contributed by atoms with Gasteiger partial charge in [0.1, 0.15) is 5.82 Å². The van der Waals surface area contributed by atoms with Crippen molar-refractivity contribution in [3.63, 3.8) is 0 Å². The van der Waals surface area contributed by atoms with E-state index in [-0.39, 0.29) is 18.1 Å². The number of nitrogens with zero attached hydrogens (tertiary/aromatic N) is 1. The number of hydrogen-bond donors (Lipinski definition) is 2. The van der Waals surface area contributed by atoms with Crippen LogP contribution in [0, 0.1) is 5.82 Å². The van der Waals surface area contributed by atoms with E-state index in [1.54, 1.807) is 19.1 Å². The second kappa shape index (κ2) is 8.00. The zero-order valence-electron chi connectivity index (χ0n) is 12.4. The molecule has 0 aliphatic carbocycles. The first-order valence-electron chi connectivity index (χ1n) is 7.15. The van der Waals surface area contributed by atoms with Gasteiger partial charge in [-0.2, -0.15) is 0 Å².